The summed E-state index contributed by atoms with van der Waals surface area (Å²) in [4.78, 5) is 9.79. The SMILES string of the molecule is CC1(C)OB(c2ccc(/C=C/[N+](=O)[O-])cc2)OC1(C)C. The first-order valence-electron chi connectivity index (χ1n) is 6.49. The maximum Gasteiger partial charge on any atom is 0.494 e. The second-order valence-corrected chi connectivity index (χ2v) is 5.86. The summed E-state index contributed by atoms with van der Waals surface area (Å²) in [5.74, 6) is 0. The van der Waals surface area contributed by atoms with Crippen molar-refractivity contribution in [2.75, 3.05) is 0 Å². The Morgan fingerprint density at radius 2 is 1.60 bits per heavy atom. The van der Waals surface area contributed by atoms with Gasteiger partial charge in [0.2, 0.25) is 6.20 Å². The predicted octanol–water partition coefficient (Wildman–Crippen LogP) is 2.23. The van der Waals surface area contributed by atoms with Crippen molar-refractivity contribution in [3.05, 3.63) is 46.1 Å². The lowest BCUT2D eigenvalue weighted by atomic mass is 9.79. The Balaban J connectivity index is 2.14. The lowest BCUT2D eigenvalue weighted by Gasteiger charge is -2.32. The van der Waals surface area contributed by atoms with E-state index < -0.39 is 12.0 Å². The van der Waals surface area contributed by atoms with Crippen LogP contribution in [0.1, 0.15) is 33.3 Å². The van der Waals surface area contributed by atoms with Gasteiger partial charge in [0.1, 0.15) is 0 Å². The van der Waals surface area contributed by atoms with Gasteiger partial charge in [0.25, 0.3) is 0 Å². The van der Waals surface area contributed by atoms with Gasteiger partial charge >= 0.3 is 7.12 Å². The van der Waals surface area contributed by atoms with Crippen molar-refractivity contribution >= 4 is 18.7 Å². The summed E-state index contributed by atoms with van der Waals surface area (Å²) >= 11 is 0. The van der Waals surface area contributed by atoms with Crippen LogP contribution in [0, 0.1) is 10.1 Å². The summed E-state index contributed by atoms with van der Waals surface area (Å²) in [7, 11) is -0.409. The molecule has 0 amide bonds. The highest BCUT2D eigenvalue weighted by molar-refractivity contribution is 6.62. The fourth-order valence-electron chi connectivity index (χ4n) is 1.89. The lowest BCUT2D eigenvalue weighted by molar-refractivity contribution is -0.400. The molecule has 0 saturated carbocycles. The average molecular weight is 275 g/mol. The highest BCUT2D eigenvalue weighted by Gasteiger charge is 2.51. The van der Waals surface area contributed by atoms with E-state index in [4.69, 9.17) is 9.31 Å². The molecule has 106 valence electrons. The Kier molecular flexibility index (Phi) is 3.71. The Labute approximate surface area is 118 Å². The molecule has 0 atom stereocenters. The number of nitrogens with zero attached hydrogens (tertiary/aromatic N) is 1. The van der Waals surface area contributed by atoms with Gasteiger partial charge in [0, 0.05) is 6.08 Å². The summed E-state index contributed by atoms with van der Waals surface area (Å²) < 4.78 is 11.9. The molecule has 0 N–H and O–H groups in total. The van der Waals surface area contributed by atoms with Crippen molar-refractivity contribution in [3.8, 4) is 0 Å². The van der Waals surface area contributed by atoms with Crippen LogP contribution in [-0.2, 0) is 9.31 Å². The van der Waals surface area contributed by atoms with Gasteiger partial charge in [-0.25, -0.2) is 0 Å². The molecule has 0 aromatic heterocycles. The maximum atomic E-state index is 10.3. The zero-order valence-corrected chi connectivity index (χ0v) is 12.1. The molecular formula is C14H18BNO4. The molecule has 0 spiro atoms. The molecule has 1 fully saturated rings. The second-order valence-electron chi connectivity index (χ2n) is 5.86. The molecule has 2 rings (SSSR count). The van der Waals surface area contributed by atoms with Gasteiger partial charge in [0.15, 0.2) is 0 Å². The van der Waals surface area contributed by atoms with E-state index in [9.17, 15) is 10.1 Å². The van der Waals surface area contributed by atoms with E-state index in [1.807, 2.05) is 39.8 Å². The van der Waals surface area contributed by atoms with Crippen LogP contribution in [0.5, 0.6) is 0 Å². The first kappa shape index (κ1) is 14.7. The molecule has 1 heterocycles. The third-order valence-corrected chi connectivity index (χ3v) is 3.85. The van der Waals surface area contributed by atoms with E-state index >= 15 is 0 Å². The summed E-state index contributed by atoms with van der Waals surface area (Å²) in [5, 5.41) is 10.3. The average Bonchev–Trinajstić information content (AvgIpc) is 2.56. The van der Waals surface area contributed by atoms with Gasteiger partial charge in [-0.15, -0.1) is 0 Å². The zero-order chi connectivity index (χ0) is 15.0. The van der Waals surface area contributed by atoms with Crippen LogP contribution in [0.25, 0.3) is 6.08 Å². The van der Waals surface area contributed by atoms with E-state index in [1.165, 1.54) is 6.08 Å². The second kappa shape index (κ2) is 5.03. The van der Waals surface area contributed by atoms with Gasteiger partial charge in [0.05, 0.1) is 16.1 Å². The molecule has 0 bridgehead atoms. The molecule has 20 heavy (non-hydrogen) atoms. The fourth-order valence-corrected chi connectivity index (χ4v) is 1.89. The summed E-state index contributed by atoms with van der Waals surface area (Å²) in [6.45, 7) is 8.00. The molecule has 1 saturated heterocycles. The highest BCUT2D eigenvalue weighted by atomic mass is 16.7. The van der Waals surface area contributed by atoms with E-state index in [-0.39, 0.29) is 11.2 Å². The van der Waals surface area contributed by atoms with Crippen LogP contribution < -0.4 is 5.46 Å². The Morgan fingerprint density at radius 3 is 2.05 bits per heavy atom. The summed E-state index contributed by atoms with van der Waals surface area (Å²) in [6.07, 6.45) is 2.37. The van der Waals surface area contributed by atoms with E-state index in [1.54, 1.807) is 12.1 Å². The number of rotatable bonds is 3. The van der Waals surface area contributed by atoms with Crippen LogP contribution in [0.15, 0.2) is 30.5 Å². The van der Waals surface area contributed by atoms with Crippen LogP contribution in [0.2, 0.25) is 0 Å². The van der Waals surface area contributed by atoms with Crippen molar-refractivity contribution in [3.63, 3.8) is 0 Å². The van der Waals surface area contributed by atoms with Crippen LogP contribution in [-0.4, -0.2) is 23.2 Å². The van der Waals surface area contributed by atoms with Crippen molar-refractivity contribution in [1.29, 1.82) is 0 Å². The molecule has 1 aromatic rings. The first-order chi connectivity index (χ1) is 9.21. The topological polar surface area (TPSA) is 61.6 Å². The van der Waals surface area contributed by atoms with Gasteiger partial charge in [-0.2, -0.15) is 0 Å². The third-order valence-electron chi connectivity index (χ3n) is 3.85. The van der Waals surface area contributed by atoms with Crippen molar-refractivity contribution < 1.29 is 14.2 Å². The maximum absolute atomic E-state index is 10.3. The van der Waals surface area contributed by atoms with Crippen molar-refractivity contribution in [1.82, 2.24) is 0 Å². The number of nitro groups is 1. The van der Waals surface area contributed by atoms with Crippen molar-refractivity contribution in [2.24, 2.45) is 0 Å². The minimum atomic E-state index is -0.484. The lowest BCUT2D eigenvalue weighted by Crippen LogP contribution is -2.41. The molecule has 0 aliphatic carbocycles. The highest BCUT2D eigenvalue weighted by Crippen LogP contribution is 2.36. The fraction of sp³-hybridized carbons (Fsp3) is 0.429. The summed E-state index contributed by atoms with van der Waals surface area (Å²) in [5.41, 5.74) is 0.924. The minimum absolute atomic E-state index is 0.373. The molecule has 5 nitrogen and oxygen atoms in total. The van der Waals surface area contributed by atoms with Crippen LogP contribution in [0.4, 0.5) is 0 Å². The first-order valence-corrected chi connectivity index (χ1v) is 6.49. The number of hydrogen-bond donors (Lipinski definition) is 0. The Morgan fingerprint density at radius 1 is 1.10 bits per heavy atom. The van der Waals surface area contributed by atoms with Gasteiger partial charge < -0.3 is 9.31 Å². The standard InChI is InChI=1S/C14H18BNO4/c1-13(2)14(3,4)20-15(19-13)12-7-5-11(6-8-12)9-10-16(17)18/h5-10H,1-4H3/b10-9+. The zero-order valence-electron chi connectivity index (χ0n) is 12.1. The largest absolute Gasteiger partial charge is 0.494 e. The van der Waals surface area contributed by atoms with E-state index in [0.29, 0.717) is 0 Å². The van der Waals surface area contributed by atoms with E-state index in [0.717, 1.165) is 17.2 Å². The molecule has 6 heteroatoms. The smallest absolute Gasteiger partial charge is 0.399 e. The minimum Gasteiger partial charge on any atom is -0.399 e. The number of benzene rings is 1. The summed E-state index contributed by atoms with van der Waals surface area (Å²) in [6, 6.07) is 7.34. The molecular weight excluding hydrogens is 257 g/mol. The molecule has 0 radical (unpaired) electrons. The van der Waals surface area contributed by atoms with Gasteiger partial charge in [-0.1, -0.05) is 24.3 Å². The normalized spacial score (nSPS) is 20.5. The molecule has 1 aliphatic rings. The van der Waals surface area contributed by atoms with Crippen LogP contribution in [0.3, 0.4) is 0 Å². The molecule has 1 aromatic carbocycles. The predicted molar refractivity (Wildman–Crippen MR) is 78.2 cm³/mol. The molecule has 1 aliphatic heterocycles. The Bertz CT molecular complexity index is 521. The monoisotopic (exact) mass is 275 g/mol. The molecule has 0 unspecified atom stereocenters. The third kappa shape index (κ3) is 2.91. The van der Waals surface area contributed by atoms with Gasteiger partial charge in [-0.3, -0.25) is 10.1 Å². The quantitative estimate of drug-likeness (QED) is 0.482. The number of hydrogen-bond acceptors (Lipinski definition) is 4. The van der Waals surface area contributed by atoms with Gasteiger partial charge in [-0.05, 0) is 38.7 Å². The van der Waals surface area contributed by atoms with Crippen LogP contribution >= 0.6 is 0 Å². The van der Waals surface area contributed by atoms with E-state index in [2.05, 4.69) is 0 Å². The van der Waals surface area contributed by atoms with Crippen molar-refractivity contribution in [2.45, 2.75) is 38.9 Å². The Hall–Kier alpha value is -1.66.